The van der Waals surface area contributed by atoms with Crippen molar-refractivity contribution in [3.63, 3.8) is 0 Å². The van der Waals surface area contributed by atoms with E-state index in [0.717, 1.165) is 24.5 Å². The molecule has 1 atom stereocenters. The lowest BCUT2D eigenvalue weighted by Crippen LogP contribution is -2.40. The van der Waals surface area contributed by atoms with E-state index in [2.05, 4.69) is 10.2 Å². The fourth-order valence-electron chi connectivity index (χ4n) is 2.97. The van der Waals surface area contributed by atoms with Crippen LogP contribution in [0, 0.1) is 0 Å². The van der Waals surface area contributed by atoms with Gasteiger partial charge in [-0.15, -0.1) is 10.2 Å². The summed E-state index contributed by atoms with van der Waals surface area (Å²) in [6, 6.07) is 0. The summed E-state index contributed by atoms with van der Waals surface area (Å²) in [5.74, 6) is 1.20. The SMILES string of the molecule is CN(C)Cc1nnc([C@H]2CCCN(C(=O)CCC(F)(F)F)C2)n1C. The fraction of sp³-hybridized carbons (Fsp3) is 0.800. The molecular formula is C15H24F3N5O. The van der Waals surface area contributed by atoms with Crippen molar-refractivity contribution in [2.24, 2.45) is 7.05 Å². The molecule has 9 heteroatoms. The number of likely N-dealkylation sites (tertiary alicyclic amines) is 1. The average Bonchev–Trinajstić information content (AvgIpc) is 2.85. The molecule has 1 fully saturated rings. The van der Waals surface area contributed by atoms with Crippen LogP contribution in [0.4, 0.5) is 13.2 Å². The molecule has 0 N–H and O–H groups in total. The largest absolute Gasteiger partial charge is 0.389 e. The number of aromatic nitrogens is 3. The third kappa shape index (κ3) is 4.93. The maximum absolute atomic E-state index is 12.3. The Bertz CT molecular complexity index is 570. The predicted octanol–water partition coefficient (Wildman–Crippen LogP) is 1.93. The molecule has 2 heterocycles. The zero-order valence-corrected chi connectivity index (χ0v) is 14.3. The van der Waals surface area contributed by atoms with Gasteiger partial charge in [0.05, 0.1) is 13.0 Å². The summed E-state index contributed by atoms with van der Waals surface area (Å²) in [4.78, 5) is 15.5. The van der Waals surface area contributed by atoms with Crippen LogP contribution in [-0.4, -0.2) is 63.8 Å². The Morgan fingerprint density at radius 1 is 1.33 bits per heavy atom. The van der Waals surface area contributed by atoms with Gasteiger partial charge in [-0.05, 0) is 26.9 Å². The molecule has 0 saturated carbocycles. The predicted molar refractivity (Wildman–Crippen MR) is 82.2 cm³/mol. The van der Waals surface area contributed by atoms with Gasteiger partial charge in [0.15, 0.2) is 0 Å². The number of rotatable bonds is 5. The van der Waals surface area contributed by atoms with Gasteiger partial charge >= 0.3 is 6.18 Å². The second-order valence-electron chi connectivity index (χ2n) is 6.57. The average molecular weight is 347 g/mol. The van der Waals surface area contributed by atoms with Crippen LogP contribution in [0.25, 0.3) is 0 Å². The van der Waals surface area contributed by atoms with Crippen LogP contribution in [0.3, 0.4) is 0 Å². The van der Waals surface area contributed by atoms with E-state index in [1.807, 2.05) is 30.6 Å². The van der Waals surface area contributed by atoms with E-state index in [0.29, 0.717) is 19.6 Å². The third-order valence-electron chi connectivity index (χ3n) is 4.22. The molecule has 1 aromatic heterocycles. The van der Waals surface area contributed by atoms with Crippen LogP contribution >= 0.6 is 0 Å². The van der Waals surface area contributed by atoms with Crippen molar-refractivity contribution in [2.45, 2.75) is 44.3 Å². The summed E-state index contributed by atoms with van der Waals surface area (Å²) < 4.78 is 38.8. The second-order valence-corrected chi connectivity index (χ2v) is 6.57. The number of halogens is 3. The first-order chi connectivity index (χ1) is 11.2. The van der Waals surface area contributed by atoms with Crippen LogP contribution < -0.4 is 0 Å². The summed E-state index contributed by atoms with van der Waals surface area (Å²) in [7, 11) is 5.77. The van der Waals surface area contributed by atoms with Gasteiger partial charge in [-0.25, -0.2) is 0 Å². The third-order valence-corrected chi connectivity index (χ3v) is 4.22. The highest BCUT2D eigenvalue weighted by atomic mass is 19.4. The molecule has 1 amide bonds. The van der Waals surface area contributed by atoms with E-state index in [9.17, 15) is 18.0 Å². The molecule has 0 radical (unpaired) electrons. The first kappa shape index (κ1) is 18.7. The molecule has 0 unspecified atom stereocenters. The van der Waals surface area contributed by atoms with Gasteiger partial charge in [-0.2, -0.15) is 13.2 Å². The van der Waals surface area contributed by atoms with Crippen molar-refractivity contribution in [3.05, 3.63) is 11.6 Å². The summed E-state index contributed by atoms with van der Waals surface area (Å²) in [5, 5.41) is 8.43. The van der Waals surface area contributed by atoms with E-state index in [-0.39, 0.29) is 5.92 Å². The van der Waals surface area contributed by atoms with Gasteiger partial charge < -0.3 is 14.4 Å². The van der Waals surface area contributed by atoms with Gasteiger partial charge in [0.25, 0.3) is 0 Å². The minimum atomic E-state index is -4.30. The highest BCUT2D eigenvalue weighted by Crippen LogP contribution is 2.27. The van der Waals surface area contributed by atoms with Crippen molar-refractivity contribution in [1.82, 2.24) is 24.6 Å². The van der Waals surface area contributed by atoms with Gasteiger partial charge in [0, 0.05) is 32.5 Å². The number of piperidine rings is 1. The van der Waals surface area contributed by atoms with E-state index >= 15 is 0 Å². The Hall–Kier alpha value is -1.64. The maximum Gasteiger partial charge on any atom is 0.389 e. The molecule has 1 saturated heterocycles. The first-order valence-electron chi connectivity index (χ1n) is 8.05. The topological polar surface area (TPSA) is 54.3 Å². The molecule has 1 aliphatic heterocycles. The lowest BCUT2D eigenvalue weighted by Gasteiger charge is -2.32. The lowest BCUT2D eigenvalue weighted by atomic mass is 9.96. The molecule has 1 aromatic rings. The summed E-state index contributed by atoms with van der Waals surface area (Å²) in [5.41, 5.74) is 0. The normalized spacial score (nSPS) is 19.1. The Morgan fingerprint density at radius 2 is 2.04 bits per heavy atom. The fourth-order valence-corrected chi connectivity index (χ4v) is 2.97. The van der Waals surface area contributed by atoms with Gasteiger partial charge in [-0.3, -0.25) is 4.79 Å². The van der Waals surface area contributed by atoms with E-state index < -0.39 is 24.9 Å². The van der Waals surface area contributed by atoms with Crippen molar-refractivity contribution in [2.75, 3.05) is 27.2 Å². The number of hydrogen-bond donors (Lipinski definition) is 0. The number of carbonyl (C=O) groups excluding carboxylic acids is 1. The maximum atomic E-state index is 12.3. The van der Waals surface area contributed by atoms with Crippen LogP contribution in [0.1, 0.15) is 43.3 Å². The lowest BCUT2D eigenvalue weighted by molar-refractivity contribution is -0.149. The van der Waals surface area contributed by atoms with Gasteiger partial charge in [-0.1, -0.05) is 0 Å². The molecule has 2 rings (SSSR count). The zero-order valence-electron chi connectivity index (χ0n) is 14.3. The Labute approximate surface area is 139 Å². The van der Waals surface area contributed by atoms with Crippen LogP contribution in [0.5, 0.6) is 0 Å². The quantitative estimate of drug-likeness (QED) is 0.817. The van der Waals surface area contributed by atoms with Crippen molar-refractivity contribution in [3.8, 4) is 0 Å². The Kier molecular flexibility index (Phi) is 5.84. The number of carbonyl (C=O) groups is 1. The standard InChI is InChI=1S/C15H24F3N5O/c1-21(2)10-12-19-20-14(22(12)3)11-5-4-8-23(9-11)13(24)6-7-15(16,17)18/h11H,4-10H2,1-3H3/t11-/m0/s1. The van der Waals surface area contributed by atoms with Crippen LogP contribution in [0.15, 0.2) is 0 Å². The van der Waals surface area contributed by atoms with Crippen molar-refractivity contribution >= 4 is 5.91 Å². The van der Waals surface area contributed by atoms with Crippen LogP contribution in [-0.2, 0) is 18.4 Å². The molecule has 0 aromatic carbocycles. The monoisotopic (exact) mass is 347 g/mol. The van der Waals surface area contributed by atoms with Crippen molar-refractivity contribution in [1.29, 1.82) is 0 Å². The van der Waals surface area contributed by atoms with Crippen LogP contribution in [0.2, 0.25) is 0 Å². The summed E-state index contributed by atoms with van der Waals surface area (Å²) in [6.45, 7) is 1.57. The summed E-state index contributed by atoms with van der Waals surface area (Å²) >= 11 is 0. The number of hydrogen-bond acceptors (Lipinski definition) is 4. The minimum absolute atomic E-state index is 0.0157. The zero-order chi connectivity index (χ0) is 17.9. The number of nitrogens with zero attached hydrogens (tertiary/aromatic N) is 5. The molecule has 136 valence electrons. The minimum Gasteiger partial charge on any atom is -0.342 e. The molecule has 0 bridgehead atoms. The second kappa shape index (κ2) is 7.50. The van der Waals surface area contributed by atoms with E-state index in [4.69, 9.17) is 0 Å². The smallest absolute Gasteiger partial charge is 0.342 e. The number of alkyl halides is 3. The van der Waals surface area contributed by atoms with E-state index in [1.54, 1.807) is 0 Å². The molecule has 0 aliphatic carbocycles. The molecular weight excluding hydrogens is 323 g/mol. The Morgan fingerprint density at radius 3 is 2.67 bits per heavy atom. The van der Waals surface area contributed by atoms with Crippen molar-refractivity contribution < 1.29 is 18.0 Å². The molecule has 24 heavy (non-hydrogen) atoms. The first-order valence-corrected chi connectivity index (χ1v) is 8.05. The van der Waals surface area contributed by atoms with E-state index in [1.165, 1.54) is 4.90 Å². The van der Waals surface area contributed by atoms with Gasteiger partial charge in [0.2, 0.25) is 5.91 Å². The summed E-state index contributed by atoms with van der Waals surface area (Å²) in [6.07, 6.45) is -4.23. The highest BCUT2D eigenvalue weighted by molar-refractivity contribution is 5.76. The molecule has 1 aliphatic rings. The Balaban J connectivity index is 2.00. The molecule has 0 spiro atoms. The molecule has 6 nitrogen and oxygen atoms in total. The van der Waals surface area contributed by atoms with Gasteiger partial charge in [0.1, 0.15) is 11.6 Å². The highest BCUT2D eigenvalue weighted by Gasteiger charge is 2.32. The number of amides is 1.